The number of aryl methyl sites for hydroxylation is 3. The summed E-state index contributed by atoms with van der Waals surface area (Å²) in [5, 5.41) is 5.72. The highest BCUT2D eigenvalue weighted by Gasteiger charge is 2.17. The third-order valence-corrected chi connectivity index (χ3v) is 7.48. The van der Waals surface area contributed by atoms with Gasteiger partial charge in [0.1, 0.15) is 10.7 Å². The number of carbonyl (C=O) groups is 2. The van der Waals surface area contributed by atoms with E-state index < -0.39 is 5.25 Å². The highest BCUT2D eigenvalue weighted by Crippen LogP contribution is 2.26. The second-order valence-corrected chi connectivity index (χ2v) is 9.98. The molecule has 0 fully saturated rings. The molecule has 2 aromatic heterocycles. The lowest BCUT2D eigenvalue weighted by Gasteiger charge is -2.13. The maximum atomic E-state index is 12.4. The summed E-state index contributed by atoms with van der Waals surface area (Å²) in [4.78, 5) is 46.1. The Hall–Kier alpha value is -2.65. The molecule has 0 spiro atoms. The number of H-pyrrole nitrogens is 1. The van der Waals surface area contributed by atoms with E-state index in [2.05, 4.69) is 20.6 Å². The number of thioether (sulfide) groups is 1. The first-order valence-electron chi connectivity index (χ1n) is 9.91. The largest absolute Gasteiger partial charge is 0.346 e. The highest BCUT2D eigenvalue weighted by molar-refractivity contribution is 7.99. The van der Waals surface area contributed by atoms with Gasteiger partial charge in [-0.3, -0.25) is 14.4 Å². The second kappa shape index (κ2) is 9.65. The van der Waals surface area contributed by atoms with Crippen molar-refractivity contribution in [2.45, 2.75) is 45.6 Å². The molecule has 3 N–H and O–H groups in total. The van der Waals surface area contributed by atoms with Crippen LogP contribution in [0, 0.1) is 27.7 Å². The lowest BCUT2D eigenvalue weighted by atomic mass is 10.1. The predicted octanol–water partition coefficient (Wildman–Crippen LogP) is 3.59. The van der Waals surface area contributed by atoms with Gasteiger partial charge >= 0.3 is 0 Å². The number of hydrogen-bond donors (Lipinski definition) is 3. The zero-order valence-corrected chi connectivity index (χ0v) is 19.8. The third kappa shape index (κ3) is 5.34. The summed E-state index contributed by atoms with van der Waals surface area (Å²) in [7, 11) is 0. The first-order chi connectivity index (χ1) is 14.7. The van der Waals surface area contributed by atoms with Gasteiger partial charge < -0.3 is 15.6 Å². The fraction of sp³-hybridized carbons (Fsp3) is 0.364. The van der Waals surface area contributed by atoms with Crippen molar-refractivity contribution in [1.82, 2.24) is 15.3 Å². The number of nitrogens with one attached hydrogen (secondary N) is 3. The minimum Gasteiger partial charge on any atom is -0.346 e. The van der Waals surface area contributed by atoms with E-state index in [1.54, 1.807) is 6.92 Å². The SMILES string of the molecule is Cc1cccc(NC(=O)CNC(=O)[C@@H](C)SCc2nc3sc(C)c(C)c3c(=O)[nH]2)c1C. The van der Waals surface area contributed by atoms with Gasteiger partial charge in [0.25, 0.3) is 5.56 Å². The average molecular weight is 459 g/mol. The van der Waals surface area contributed by atoms with E-state index in [1.807, 2.05) is 45.9 Å². The van der Waals surface area contributed by atoms with E-state index in [1.165, 1.54) is 23.1 Å². The van der Waals surface area contributed by atoms with E-state index in [-0.39, 0.29) is 23.9 Å². The predicted molar refractivity (Wildman–Crippen MR) is 128 cm³/mol. The van der Waals surface area contributed by atoms with Crippen LogP contribution < -0.4 is 16.2 Å². The Morgan fingerprint density at radius 1 is 1.19 bits per heavy atom. The van der Waals surface area contributed by atoms with Crippen molar-refractivity contribution in [3.8, 4) is 0 Å². The molecule has 2 heterocycles. The number of rotatable bonds is 7. The van der Waals surface area contributed by atoms with Crippen LogP contribution in [0.2, 0.25) is 0 Å². The Morgan fingerprint density at radius 3 is 2.68 bits per heavy atom. The standard InChI is InChI=1S/C22H26N4O3S2/c1-11-7-6-8-16(12(11)2)24-18(27)9-23-20(28)15(5)30-10-17-25-21(29)19-13(3)14(4)31-22(19)26-17/h6-8,15H,9-10H2,1-5H3,(H,23,28)(H,24,27)(H,25,26,29)/t15-/m1/s1. The number of amides is 2. The minimum absolute atomic E-state index is 0.105. The van der Waals surface area contributed by atoms with Crippen LogP contribution in [0.15, 0.2) is 23.0 Å². The average Bonchev–Trinajstić information content (AvgIpc) is 3.01. The molecule has 7 nitrogen and oxygen atoms in total. The number of fused-ring (bicyclic) bond motifs is 1. The monoisotopic (exact) mass is 458 g/mol. The Kier molecular flexibility index (Phi) is 7.17. The molecule has 0 aliphatic heterocycles. The maximum absolute atomic E-state index is 12.4. The van der Waals surface area contributed by atoms with Crippen molar-refractivity contribution < 1.29 is 9.59 Å². The van der Waals surface area contributed by atoms with Crippen LogP contribution in [0.3, 0.4) is 0 Å². The minimum atomic E-state index is -0.402. The summed E-state index contributed by atoms with van der Waals surface area (Å²) in [6.45, 7) is 9.47. The lowest BCUT2D eigenvalue weighted by molar-refractivity contribution is -0.123. The fourth-order valence-electron chi connectivity index (χ4n) is 3.04. The van der Waals surface area contributed by atoms with Gasteiger partial charge in [-0.2, -0.15) is 0 Å². The quantitative estimate of drug-likeness (QED) is 0.502. The van der Waals surface area contributed by atoms with Gasteiger partial charge in [-0.05, 0) is 57.4 Å². The zero-order valence-electron chi connectivity index (χ0n) is 18.2. The van der Waals surface area contributed by atoms with E-state index >= 15 is 0 Å². The molecule has 0 aliphatic rings. The van der Waals surface area contributed by atoms with Gasteiger partial charge in [0.15, 0.2) is 0 Å². The van der Waals surface area contributed by atoms with Crippen molar-refractivity contribution >= 4 is 50.8 Å². The van der Waals surface area contributed by atoms with Crippen LogP contribution in [-0.4, -0.2) is 33.6 Å². The number of carbonyl (C=O) groups excluding carboxylic acids is 2. The van der Waals surface area contributed by atoms with Crippen molar-refractivity contribution in [2.24, 2.45) is 0 Å². The van der Waals surface area contributed by atoms with Gasteiger partial charge in [-0.25, -0.2) is 4.98 Å². The summed E-state index contributed by atoms with van der Waals surface area (Å²) < 4.78 is 0. The molecular weight excluding hydrogens is 432 g/mol. The van der Waals surface area contributed by atoms with Crippen LogP contribution in [0.5, 0.6) is 0 Å². The Morgan fingerprint density at radius 2 is 1.94 bits per heavy atom. The summed E-state index contributed by atoms with van der Waals surface area (Å²) in [6.07, 6.45) is 0. The van der Waals surface area contributed by atoms with Gasteiger partial charge in [-0.15, -0.1) is 23.1 Å². The van der Waals surface area contributed by atoms with Crippen molar-refractivity contribution in [3.63, 3.8) is 0 Å². The summed E-state index contributed by atoms with van der Waals surface area (Å²) in [6, 6.07) is 5.69. The number of nitrogens with zero attached hydrogens (tertiary/aromatic N) is 1. The lowest BCUT2D eigenvalue weighted by Crippen LogP contribution is -2.37. The molecule has 1 aromatic carbocycles. The molecule has 164 valence electrons. The molecule has 0 saturated carbocycles. The molecule has 3 aromatic rings. The Bertz CT molecular complexity index is 1200. The van der Waals surface area contributed by atoms with Gasteiger partial charge in [-0.1, -0.05) is 12.1 Å². The molecule has 31 heavy (non-hydrogen) atoms. The molecule has 3 rings (SSSR count). The van der Waals surface area contributed by atoms with Crippen molar-refractivity contribution in [3.05, 3.63) is 55.9 Å². The van der Waals surface area contributed by atoms with Crippen LogP contribution in [-0.2, 0) is 15.3 Å². The molecule has 2 amide bonds. The van der Waals surface area contributed by atoms with Crippen LogP contribution in [0.1, 0.15) is 34.3 Å². The fourth-order valence-corrected chi connectivity index (χ4v) is 4.87. The Labute approximate surface area is 189 Å². The number of thiophene rings is 1. The normalized spacial score (nSPS) is 12.0. The van der Waals surface area contributed by atoms with Gasteiger partial charge in [0, 0.05) is 10.6 Å². The van der Waals surface area contributed by atoms with E-state index in [9.17, 15) is 14.4 Å². The number of benzene rings is 1. The topological polar surface area (TPSA) is 104 Å². The molecular formula is C22H26N4O3S2. The third-order valence-electron chi connectivity index (χ3n) is 5.23. The number of anilines is 1. The van der Waals surface area contributed by atoms with Crippen LogP contribution in [0.4, 0.5) is 5.69 Å². The molecule has 0 saturated heterocycles. The van der Waals surface area contributed by atoms with Crippen molar-refractivity contribution in [1.29, 1.82) is 0 Å². The van der Waals surface area contributed by atoms with Crippen molar-refractivity contribution in [2.75, 3.05) is 11.9 Å². The first-order valence-corrected chi connectivity index (χ1v) is 11.8. The van der Waals surface area contributed by atoms with E-state index in [0.717, 1.165) is 32.1 Å². The summed E-state index contributed by atoms with van der Waals surface area (Å²) in [5.74, 6) is 0.410. The second-order valence-electron chi connectivity index (χ2n) is 7.44. The maximum Gasteiger partial charge on any atom is 0.259 e. The molecule has 1 atom stereocenters. The van der Waals surface area contributed by atoms with E-state index in [0.29, 0.717) is 17.0 Å². The van der Waals surface area contributed by atoms with E-state index in [4.69, 9.17) is 0 Å². The molecule has 0 bridgehead atoms. The Balaban J connectivity index is 1.52. The number of aromatic nitrogens is 2. The van der Waals surface area contributed by atoms with Crippen LogP contribution in [0.25, 0.3) is 10.2 Å². The molecule has 9 heteroatoms. The smallest absolute Gasteiger partial charge is 0.259 e. The first kappa shape index (κ1) is 23.0. The molecule has 0 aliphatic carbocycles. The zero-order chi connectivity index (χ0) is 22.7. The number of aromatic amines is 1. The molecule has 0 radical (unpaired) electrons. The molecule has 0 unspecified atom stereocenters. The summed E-state index contributed by atoms with van der Waals surface area (Å²) >= 11 is 2.85. The van der Waals surface area contributed by atoms with Gasteiger partial charge in [0.05, 0.1) is 22.9 Å². The summed E-state index contributed by atoms with van der Waals surface area (Å²) in [5.41, 5.74) is 3.64. The van der Waals surface area contributed by atoms with Gasteiger partial charge in [0.2, 0.25) is 11.8 Å². The van der Waals surface area contributed by atoms with Crippen LogP contribution >= 0.6 is 23.1 Å². The highest BCUT2D eigenvalue weighted by atomic mass is 32.2. The number of hydrogen-bond acceptors (Lipinski definition) is 6.